The predicted molar refractivity (Wildman–Crippen MR) is 117 cm³/mol. The highest BCUT2D eigenvalue weighted by Gasteiger charge is 2.30. The smallest absolute Gasteiger partial charge is 0.233 e. The van der Waals surface area contributed by atoms with Gasteiger partial charge in [-0.1, -0.05) is 32.5 Å². The van der Waals surface area contributed by atoms with E-state index >= 15 is 0 Å². The fraction of sp³-hybridized carbons (Fsp3) is 0.667. The van der Waals surface area contributed by atoms with Gasteiger partial charge in [-0.15, -0.1) is 21.5 Å². The Morgan fingerprint density at radius 1 is 1.31 bits per heavy atom. The van der Waals surface area contributed by atoms with Gasteiger partial charge in [-0.05, 0) is 42.2 Å². The predicted octanol–water partition coefficient (Wildman–Crippen LogP) is 3.65. The number of rotatable bonds is 4. The molecule has 0 radical (unpaired) electrons. The van der Waals surface area contributed by atoms with Crippen LogP contribution < -0.4 is 0 Å². The minimum atomic E-state index is 0.141. The van der Waals surface area contributed by atoms with Crippen molar-refractivity contribution in [2.45, 2.75) is 45.2 Å². The monoisotopic (exact) mass is 434 g/mol. The van der Waals surface area contributed by atoms with E-state index in [4.69, 9.17) is 4.74 Å². The van der Waals surface area contributed by atoms with Crippen LogP contribution >= 0.6 is 23.1 Å². The Morgan fingerprint density at radius 2 is 2.07 bits per heavy atom. The van der Waals surface area contributed by atoms with Gasteiger partial charge in [0.25, 0.3) is 0 Å². The molecule has 2 aromatic rings. The molecule has 0 saturated carbocycles. The number of amides is 1. The molecule has 4 rings (SSSR count). The van der Waals surface area contributed by atoms with Gasteiger partial charge in [-0.2, -0.15) is 0 Å². The first-order valence-corrected chi connectivity index (χ1v) is 12.1. The summed E-state index contributed by atoms with van der Waals surface area (Å²) in [6, 6.07) is 2.31. The number of morpholine rings is 1. The number of ether oxygens (including phenoxy) is 1. The topological polar surface area (TPSA) is 60.2 Å². The van der Waals surface area contributed by atoms with E-state index in [1.165, 1.54) is 33.5 Å². The van der Waals surface area contributed by atoms with Crippen LogP contribution in [-0.2, 0) is 29.4 Å². The van der Waals surface area contributed by atoms with Crippen LogP contribution in [0, 0.1) is 11.3 Å². The summed E-state index contributed by atoms with van der Waals surface area (Å²) in [6.45, 7) is 9.66. The summed E-state index contributed by atoms with van der Waals surface area (Å²) in [5, 5.41) is 9.59. The Kier molecular flexibility index (Phi) is 6.04. The van der Waals surface area contributed by atoms with E-state index in [9.17, 15) is 4.79 Å². The van der Waals surface area contributed by atoms with Gasteiger partial charge in [0, 0.05) is 25.0 Å². The zero-order valence-electron chi connectivity index (χ0n) is 17.7. The number of aryl methyl sites for hydroxylation is 1. The summed E-state index contributed by atoms with van der Waals surface area (Å²) >= 11 is 3.32. The summed E-state index contributed by atoms with van der Waals surface area (Å²) in [5.41, 5.74) is 1.83. The highest BCUT2D eigenvalue weighted by Crippen LogP contribution is 2.42. The number of carbonyl (C=O) groups excluding carboxylic acids is 1. The first-order chi connectivity index (χ1) is 13.8. The molecule has 29 heavy (non-hydrogen) atoms. The molecule has 3 heterocycles. The second-order valence-corrected chi connectivity index (χ2v) is 11.1. The minimum absolute atomic E-state index is 0.141. The van der Waals surface area contributed by atoms with Gasteiger partial charge in [-0.25, -0.2) is 0 Å². The lowest BCUT2D eigenvalue weighted by atomic mass is 9.72. The molecule has 1 amide bonds. The van der Waals surface area contributed by atoms with E-state index < -0.39 is 0 Å². The SMILES string of the molecule is Cn1c(SCC(=O)N2CCOCC2)nnc1-c1cc2c(s1)CCC(C(C)(C)C)C2. The maximum absolute atomic E-state index is 12.4. The molecule has 0 spiro atoms. The fourth-order valence-electron chi connectivity index (χ4n) is 4.06. The molecule has 0 bridgehead atoms. The molecule has 158 valence electrons. The van der Waals surface area contributed by atoms with Gasteiger partial charge < -0.3 is 14.2 Å². The molecule has 1 unspecified atom stereocenters. The standard InChI is InChI=1S/C21H30N4O2S2/c1-21(2,3)15-5-6-16-14(11-15)12-17(29-16)19-22-23-20(24(19)4)28-13-18(26)25-7-9-27-10-8-25/h12,15H,5-11,13H2,1-4H3. The molecule has 1 fully saturated rings. The maximum atomic E-state index is 12.4. The lowest BCUT2D eigenvalue weighted by Crippen LogP contribution is -2.41. The van der Waals surface area contributed by atoms with Crippen LogP contribution in [0.4, 0.5) is 0 Å². The molecule has 1 saturated heterocycles. The van der Waals surface area contributed by atoms with Crippen molar-refractivity contribution in [1.82, 2.24) is 19.7 Å². The second-order valence-electron chi connectivity index (χ2n) is 9.01. The van der Waals surface area contributed by atoms with E-state index in [0.29, 0.717) is 37.5 Å². The van der Waals surface area contributed by atoms with Gasteiger partial charge >= 0.3 is 0 Å². The number of thioether (sulfide) groups is 1. The second kappa shape index (κ2) is 8.40. The molecule has 8 heteroatoms. The Hall–Kier alpha value is -1.38. The average molecular weight is 435 g/mol. The van der Waals surface area contributed by atoms with Gasteiger partial charge in [0.2, 0.25) is 5.91 Å². The third kappa shape index (κ3) is 4.54. The molecule has 1 atom stereocenters. The van der Waals surface area contributed by atoms with Crippen LogP contribution in [0.2, 0.25) is 0 Å². The zero-order chi connectivity index (χ0) is 20.6. The maximum Gasteiger partial charge on any atom is 0.233 e. The van der Waals surface area contributed by atoms with Crippen LogP contribution in [0.5, 0.6) is 0 Å². The van der Waals surface area contributed by atoms with Crippen molar-refractivity contribution in [3.05, 3.63) is 16.5 Å². The van der Waals surface area contributed by atoms with Crippen LogP contribution in [0.25, 0.3) is 10.7 Å². The number of hydrogen-bond acceptors (Lipinski definition) is 6. The van der Waals surface area contributed by atoms with Gasteiger partial charge in [0.1, 0.15) is 0 Å². The Bertz CT molecular complexity index is 878. The Labute approximate surface area is 181 Å². The average Bonchev–Trinajstić information content (AvgIpc) is 3.28. The highest BCUT2D eigenvalue weighted by atomic mass is 32.2. The summed E-state index contributed by atoms with van der Waals surface area (Å²) < 4.78 is 7.34. The molecule has 6 nitrogen and oxygen atoms in total. The van der Waals surface area contributed by atoms with E-state index in [1.807, 2.05) is 27.9 Å². The van der Waals surface area contributed by atoms with Gasteiger partial charge in [0.05, 0.1) is 23.8 Å². The third-order valence-electron chi connectivity index (χ3n) is 6.05. The van der Waals surface area contributed by atoms with Crippen LogP contribution in [-0.4, -0.2) is 57.6 Å². The highest BCUT2D eigenvalue weighted by molar-refractivity contribution is 7.99. The molecular formula is C21H30N4O2S2. The van der Waals surface area contributed by atoms with Crippen molar-refractivity contribution >= 4 is 29.0 Å². The largest absolute Gasteiger partial charge is 0.378 e. The molecule has 0 N–H and O–H groups in total. The molecule has 2 aliphatic rings. The van der Waals surface area contributed by atoms with Gasteiger partial charge in [0.15, 0.2) is 11.0 Å². The zero-order valence-corrected chi connectivity index (χ0v) is 19.4. The van der Waals surface area contributed by atoms with E-state index in [0.717, 1.165) is 29.7 Å². The fourth-order valence-corrected chi connectivity index (χ4v) is 6.10. The van der Waals surface area contributed by atoms with Crippen molar-refractivity contribution in [2.75, 3.05) is 32.1 Å². The summed E-state index contributed by atoms with van der Waals surface area (Å²) in [4.78, 5) is 17.0. The van der Waals surface area contributed by atoms with Crippen LogP contribution in [0.15, 0.2) is 11.2 Å². The molecule has 0 aromatic carbocycles. The molecular weight excluding hydrogens is 404 g/mol. The summed E-state index contributed by atoms with van der Waals surface area (Å²) in [7, 11) is 1.99. The minimum Gasteiger partial charge on any atom is -0.378 e. The number of aromatic nitrogens is 3. The van der Waals surface area contributed by atoms with E-state index in [2.05, 4.69) is 37.0 Å². The molecule has 1 aliphatic carbocycles. The first kappa shape index (κ1) is 20.9. The lowest BCUT2D eigenvalue weighted by Gasteiger charge is -2.33. The van der Waals surface area contributed by atoms with Crippen molar-refractivity contribution in [2.24, 2.45) is 18.4 Å². The van der Waals surface area contributed by atoms with Crippen LogP contribution in [0.1, 0.15) is 37.6 Å². The number of carbonyl (C=O) groups is 1. The van der Waals surface area contributed by atoms with Crippen molar-refractivity contribution in [3.8, 4) is 10.7 Å². The normalized spacial score (nSPS) is 20.0. The van der Waals surface area contributed by atoms with Crippen molar-refractivity contribution in [1.29, 1.82) is 0 Å². The quantitative estimate of drug-likeness (QED) is 0.688. The summed E-state index contributed by atoms with van der Waals surface area (Å²) in [5.74, 6) is 2.16. The first-order valence-electron chi connectivity index (χ1n) is 10.3. The number of hydrogen-bond donors (Lipinski definition) is 0. The molecule has 1 aliphatic heterocycles. The number of fused-ring (bicyclic) bond motifs is 1. The number of nitrogens with zero attached hydrogens (tertiary/aromatic N) is 4. The third-order valence-corrected chi connectivity index (χ3v) is 8.29. The molecule has 2 aromatic heterocycles. The van der Waals surface area contributed by atoms with Crippen LogP contribution in [0.3, 0.4) is 0 Å². The van der Waals surface area contributed by atoms with Crippen molar-refractivity contribution in [3.63, 3.8) is 0 Å². The Morgan fingerprint density at radius 3 is 2.79 bits per heavy atom. The van der Waals surface area contributed by atoms with Crippen molar-refractivity contribution < 1.29 is 9.53 Å². The van der Waals surface area contributed by atoms with Gasteiger partial charge in [-0.3, -0.25) is 4.79 Å². The van der Waals surface area contributed by atoms with E-state index in [1.54, 1.807) is 0 Å². The Balaban J connectivity index is 1.44. The summed E-state index contributed by atoms with van der Waals surface area (Å²) in [6.07, 6.45) is 3.58. The lowest BCUT2D eigenvalue weighted by molar-refractivity contribution is -0.132. The number of thiophene rings is 1. The van der Waals surface area contributed by atoms with E-state index in [-0.39, 0.29) is 5.91 Å².